The zero-order chi connectivity index (χ0) is 12.8. The van der Waals surface area contributed by atoms with Crippen LogP contribution in [-0.4, -0.2) is 16.6 Å². The number of nitrogens with one attached hydrogen (secondary N) is 1. The van der Waals surface area contributed by atoms with Crippen LogP contribution in [0.5, 0.6) is 5.75 Å². The van der Waals surface area contributed by atoms with Crippen LogP contribution in [0.3, 0.4) is 0 Å². The number of aryl methyl sites for hydroxylation is 1. The van der Waals surface area contributed by atoms with Gasteiger partial charge in [0.1, 0.15) is 5.75 Å². The highest BCUT2D eigenvalue weighted by molar-refractivity contribution is 5.85. The summed E-state index contributed by atoms with van der Waals surface area (Å²) in [7, 11) is 0. The van der Waals surface area contributed by atoms with Crippen LogP contribution in [0.1, 0.15) is 11.0 Å². The van der Waals surface area contributed by atoms with E-state index in [4.69, 9.17) is 11.2 Å². The van der Waals surface area contributed by atoms with Crippen molar-refractivity contribution in [2.24, 2.45) is 5.73 Å². The SMILES string of the molecule is Cl.[2H]C([2H])(N)C([2H])([2H])c1c[nH]c2ccc(O)cc12. The third kappa shape index (κ3) is 1.84. The van der Waals surface area contributed by atoms with Crippen molar-refractivity contribution in [3.05, 3.63) is 30.0 Å². The fourth-order valence-corrected chi connectivity index (χ4v) is 1.29. The van der Waals surface area contributed by atoms with Gasteiger partial charge >= 0.3 is 0 Å². The van der Waals surface area contributed by atoms with Crippen LogP contribution in [-0.2, 0) is 6.37 Å². The maximum atomic E-state index is 9.38. The van der Waals surface area contributed by atoms with Gasteiger partial charge < -0.3 is 15.8 Å². The Kier molecular flexibility index (Phi) is 1.96. The summed E-state index contributed by atoms with van der Waals surface area (Å²) in [5.41, 5.74) is 5.93. The summed E-state index contributed by atoms with van der Waals surface area (Å²) in [5, 5.41) is 9.80. The van der Waals surface area contributed by atoms with E-state index in [0.717, 1.165) is 0 Å². The molecule has 4 N–H and O–H groups in total. The molecule has 0 saturated heterocycles. The maximum absolute atomic E-state index is 9.38. The number of hydrogen-bond acceptors (Lipinski definition) is 2. The van der Waals surface area contributed by atoms with Crippen LogP contribution in [0.15, 0.2) is 24.4 Å². The Hall–Kier alpha value is -1.19. The molecule has 0 fully saturated rings. The number of aromatic nitrogens is 1. The van der Waals surface area contributed by atoms with Crippen molar-refractivity contribution in [3.8, 4) is 5.75 Å². The number of phenolic OH excluding ortho intramolecular Hbond substituents is 1. The van der Waals surface area contributed by atoms with Crippen molar-refractivity contribution in [1.29, 1.82) is 0 Å². The zero-order valence-electron chi connectivity index (χ0n) is 11.2. The summed E-state index contributed by atoms with van der Waals surface area (Å²) in [6, 6.07) is 4.44. The summed E-state index contributed by atoms with van der Waals surface area (Å²) in [6.07, 6.45) is -0.978. The highest BCUT2D eigenvalue weighted by Gasteiger charge is 2.02. The fourth-order valence-electron chi connectivity index (χ4n) is 1.29. The maximum Gasteiger partial charge on any atom is 0.116 e. The molecule has 0 aliphatic heterocycles. The highest BCUT2D eigenvalue weighted by Crippen LogP contribution is 2.22. The molecule has 1 aromatic heterocycles. The molecule has 14 heavy (non-hydrogen) atoms. The van der Waals surface area contributed by atoms with E-state index in [-0.39, 0.29) is 23.7 Å². The predicted molar refractivity (Wildman–Crippen MR) is 60.0 cm³/mol. The van der Waals surface area contributed by atoms with Gasteiger partial charge in [-0.3, -0.25) is 0 Å². The molecule has 1 aromatic carbocycles. The summed E-state index contributed by atoms with van der Waals surface area (Å²) in [5.74, 6) is -0.00765. The monoisotopic (exact) mass is 216 g/mol. The number of phenols is 1. The molecule has 0 atom stereocenters. The van der Waals surface area contributed by atoms with E-state index in [1.165, 1.54) is 18.3 Å². The molecule has 76 valence electrons. The number of halogens is 1. The van der Waals surface area contributed by atoms with Crippen LogP contribution in [0.25, 0.3) is 10.9 Å². The third-order valence-electron chi connectivity index (χ3n) is 1.87. The Labute approximate surface area is 94.0 Å². The van der Waals surface area contributed by atoms with Crippen molar-refractivity contribution in [3.63, 3.8) is 0 Å². The lowest BCUT2D eigenvalue weighted by Gasteiger charge is -1.96. The molecule has 0 aliphatic rings. The minimum absolute atomic E-state index is 0. The number of aromatic hydroxyl groups is 1. The van der Waals surface area contributed by atoms with E-state index >= 15 is 0 Å². The normalized spacial score (nSPS) is 16.4. The van der Waals surface area contributed by atoms with Gasteiger partial charge in [-0.15, -0.1) is 12.4 Å². The number of benzene rings is 1. The molecule has 3 nitrogen and oxygen atoms in total. The third-order valence-corrected chi connectivity index (χ3v) is 1.87. The molecule has 1 heterocycles. The smallest absolute Gasteiger partial charge is 0.116 e. The van der Waals surface area contributed by atoms with Crippen LogP contribution in [0, 0.1) is 0 Å². The molecule has 0 radical (unpaired) electrons. The second kappa shape index (κ2) is 4.35. The molecular formula is C10H13ClN2O. The molecular weight excluding hydrogens is 200 g/mol. The Morgan fingerprint density at radius 1 is 1.50 bits per heavy atom. The summed E-state index contributed by atoms with van der Waals surface area (Å²) < 4.78 is 30.2. The quantitative estimate of drug-likeness (QED) is 0.717. The molecule has 0 aliphatic carbocycles. The van der Waals surface area contributed by atoms with Crippen molar-refractivity contribution in [2.75, 3.05) is 6.50 Å². The first-order valence-corrected chi connectivity index (χ1v) is 3.83. The van der Waals surface area contributed by atoms with E-state index in [2.05, 4.69) is 4.98 Å². The van der Waals surface area contributed by atoms with Crippen molar-refractivity contribution in [2.45, 2.75) is 6.37 Å². The molecule has 4 heteroatoms. The second-order valence-electron chi connectivity index (χ2n) is 2.70. The highest BCUT2D eigenvalue weighted by atomic mass is 35.5. The molecule has 0 saturated carbocycles. The topological polar surface area (TPSA) is 62.0 Å². The zero-order valence-corrected chi connectivity index (χ0v) is 8.06. The number of rotatable bonds is 2. The van der Waals surface area contributed by atoms with E-state index < -0.39 is 12.9 Å². The van der Waals surface area contributed by atoms with Gasteiger partial charge in [0.25, 0.3) is 0 Å². The molecule has 0 unspecified atom stereocenters. The predicted octanol–water partition coefficient (Wildman–Crippen LogP) is 1.80. The Morgan fingerprint density at radius 3 is 3.00 bits per heavy atom. The van der Waals surface area contributed by atoms with Crippen molar-refractivity contribution < 1.29 is 10.6 Å². The first-order valence-electron chi connectivity index (χ1n) is 5.83. The molecule has 2 aromatic rings. The molecule has 2 rings (SSSR count). The van der Waals surface area contributed by atoms with Crippen LogP contribution in [0.2, 0.25) is 0 Å². The second-order valence-corrected chi connectivity index (χ2v) is 2.70. The number of H-pyrrole nitrogens is 1. The van der Waals surface area contributed by atoms with Gasteiger partial charge in [-0.2, -0.15) is 0 Å². The Balaban J connectivity index is 0.00000162. The minimum Gasteiger partial charge on any atom is -0.508 e. The van der Waals surface area contributed by atoms with Crippen LogP contribution < -0.4 is 5.73 Å². The minimum atomic E-state index is -2.51. The number of nitrogens with two attached hydrogens (primary N) is 1. The van der Waals surface area contributed by atoms with Gasteiger partial charge in [0.2, 0.25) is 0 Å². The van der Waals surface area contributed by atoms with Gasteiger partial charge in [-0.25, -0.2) is 0 Å². The Bertz CT molecular complexity index is 564. The summed E-state index contributed by atoms with van der Waals surface area (Å²) in [4.78, 5) is 2.82. The average molecular weight is 217 g/mol. The van der Waals surface area contributed by atoms with E-state index in [0.29, 0.717) is 10.9 Å². The first-order chi connectivity index (χ1) is 7.73. The summed E-state index contributed by atoms with van der Waals surface area (Å²) in [6.45, 7) is -2.51. The number of aromatic amines is 1. The van der Waals surface area contributed by atoms with E-state index in [9.17, 15) is 5.11 Å². The van der Waals surface area contributed by atoms with E-state index in [1.54, 1.807) is 6.07 Å². The van der Waals surface area contributed by atoms with Crippen LogP contribution in [0.4, 0.5) is 0 Å². The lowest BCUT2D eigenvalue weighted by atomic mass is 10.1. The fraction of sp³-hybridized carbons (Fsp3) is 0.200. The lowest BCUT2D eigenvalue weighted by Crippen LogP contribution is -2.01. The van der Waals surface area contributed by atoms with Gasteiger partial charge in [0.15, 0.2) is 0 Å². The lowest BCUT2D eigenvalue weighted by molar-refractivity contribution is 0.476. The molecule has 0 bridgehead atoms. The largest absolute Gasteiger partial charge is 0.508 e. The Morgan fingerprint density at radius 2 is 2.29 bits per heavy atom. The van der Waals surface area contributed by atoms with Gasteiger partial charge in [-0.05, 0) is 36.6 Å². The first kappa shape index (κ1) is 6.32. The van der Waals surface area contributed by atoms with Gasteiger partial charge in [0, 0.05) is 22.6 Å². The average Bonchev–Trinajstić information content (AvgIpc) is 2.58. The van der Waals surface area contributed by atoms with Crippen molar-refractivity contribution in [1.82, 2.24) is 4.98 Å². The van der Waals surface area contributed by atoms with Crippen molar-refractivity contribution >= 4 is 23.3 Å². The van der Waals surface area contributed by atoms with Crippen LogP contribution >= 0.6 is 12.4 Å². The van der Waals surface area contributed by atoms with Gasteiger partial charge in [0.05, 0.1) is 0 Å². The molecule has 0 spiro atoms. The standard InChI is InChI=1S/C10H12N2O.ClH/c11-4-3-7-6-12-10-2-1-8(13)5-9(7)10;/h1-2,5-6,12-13H,3-4,11H2;1H/i3D2,4D2;. The number of hydrogen-bond donors (Lipinski definition) is 3. The number of fused-ring (bicyclic) bond motifs is 1. The molecule has 0 amide bonds. The van der Waals surface area contributed by atoms with E-state index in [1.807, 2.05) is 0 Å². The summed E-state index contributed by atoms with van der Waals surface area (Å²) >= 11 is 0. The van der Waals surface area contributed by atoms with Gasteiger partial charge in [-0.1, -0.05) is 0 Å².